The van der Waals surface area contributed by atoms with Crippen molar-refractivity contribution < 1.29 is 14.7 Å². The Morgan fingerprint density at radius 1 is 0.895 bits per heavy atom. The van der Waals surface area contributed by atoms with Crippen LogP contribution in [0.15, 0.2) is 0 Å². The van der Waals surface area contributed by atoms with Crippen LogP contribution in [-0.4, -0.2) is 11.8 Å². The first-order valence-electron chi connectivity index (χ1n) is 7.80. The number of carbonyl (C=O) groups excluding carboxylic acids is 2. The second-order valence-corrected chi connectivity index (χ2v) is 5.52. The van der Waals surface area contributed by atoms with Crippen LogP contribution >= 0.6 is 0 Å². The zero-order valence-corrected chi connectivity index (χ0v) is 12.6. The number of carbonyl (C=O) groups is 2. The van der Waals surface area contributed by atoms with Crippen LogP contribution in [0.2, 0.25) is 0 Å². The molecule has 0 fully saturated rings. The lowest BCUT2D eigenvalue weighted by Crippen LogP contribution is -2.27. The molecule has 0 saturated carbocycles. The van der Waals surface area contributed by atoms with Gasteiger partial charge in [-0.3, -0.25) is 4.79 Å². The van der Waals surface area contributed by atoms with Gasteiger partial charge in [-0.2, -0.15) is 0 Å². The molecule has 3 nitrogen and oxygen atoms in total. The number of rotatable bonds is 13. The minimum absolute atomic E-state index is 0.0622. The maximum Gasteiger partial charge on any atom is 0.136 e. The molecule has 0 aliphatic carbocycles. The predicted octanol–water partition coefficient (Wildman–Crippen LogP) is 3.25. The summed E-state index contributed by atoms with van der Waals surface area (Å²) in [5, 5.41) is 10.4. The van der Waals surface area contributed by atoms with E-state index in [0.29, 0.717) is 6.42 Å². The van der Waals surface area contributed by atoms with Gasteiger partial charge < -0.3 is 9.90 Å². The number of aliphatic carboxylic acids is 1. The number of carboxylic acids is 1. The van der Waals surface area contributed by atoms with Crippen LogP contribution in [0.3, 0.4) is 0 Å². The summed E-state index contributed by atoms with van der Waals surface area (Å²) in [6, 6.07) is 0. The van der Waals surface area contributed by atoms with Gasteiger partial charge >= 0.3 is 0 Å². The van der Waals surface area contributed by atoms with E-state index in [-0.39, 0.29) is 18.1 Å². The van der Waals surface area contributed by atoms with Crippen LogP contribution in [0.1, 0.15) is 84.5 Å². The van der Waals surface area contributed by atoms with Crippen LogP contribution in [0.5, 0.6) is 0 Å². The van der Waals surface area contributed by atoms with Crippen molar-refractivity contribution in [2.45, 2.75) is 84.5 Å². The van der Waals surface area contributed by atoms with E-state index in [9.17, 15) is 14.7 Å². The van der Waals surface area contributed by atoms with Gasteiger partial charge in [0.1, 0.15) is 5.78 Å². The van der Waals surface area contributed by atoms with Gasteiger partial charge in [-0.15, -0.1) is 0 Å². The van der Waals surface area contributed by atoms with Crippen molar-refractivity contribution in [2.24, 2.45) is 5.92 Å². The maximum atomic E-state index is 11.6. The van der Waals surface area contributed by atoms with Crippen molar-refractivity contribution in [1.82, 2.24) is 0 Å². The molecule has 3 heteroatoms. The third kappa shape index (κ3) is 11.9. The Morgan fingerprint density at radius 3 is 1.84 bits per heavy atom. The first-order chi connectivity index (χ1) is 9.07. The molecule has 0 aliphatic rings. The smallest absolute Gasteiger partial charge is 0.136 e. The third-order valence-corrected chi connectivity index (χ3v) is 3.55. The van der Waals surface area contributed by atoms with Crippen LogP contribution in [0.4, 0.5) is 0 Å². The number of carboxylic acid groups (broad SMARTS) is 1. The molecule has 0 amide bonds. The van der Waals surface area contributed by atoms with Gasteiger partial charge in [0.15, 0.2) is 0 Å². The van der Waals surface area contributed by atoms with Gasteiger partial charge in [0, 0.05) is 18.3 Å². The van der Waals surface area contributed by atoms with Crippen molar-refractivity contribution in [3.63, 3.8) is 0 Å². The summed E-state index contributed by atoms with van der Waals surface area (Å²) in [6.07, 6.45) is 11.4. The van der Waals surface area contributed by atoms with E-state index in [4.69, 9.17) is 0 Å². The molecule has 0 aromatic rings. The standard InChI is InChI=1S/C16H30O3/c1-3-4-5-6-7-8-9-10-11-12-15(17)14(2)13-16(18)19/h14H,3-13H2,1-2H3,(H,18,19)/p-1. The number of hydrogen-bond acceptors (Lipinski definition) is 3. The molecule has 1 atom stereocenters. The van der Waals surface area contributed by atoms with Crippen LogP contribution in [0, 0.1) is 5.92 Å². The second-order valence-electron chi connectivity index (χ2n) is 5.52. The highest BCUT2D eigenvalue weighted by molar-refractivity contribution is 5.84. The second kappa shape index (κ2) is 12.2. The Morgan fingerprint density at radius 2 is 1.37 bits per heavy atom. The van der Waals surface area contributed by atoms with E-state index in [1.54, 1.807) is 6.92 Å². The molecule has 0 spiro atoms. The SMILES string of the molecule is CCCCCCCCCCCC(=O)C(C)CC(=O)[O-]. The average molecular weight is 269 g/mol. The highest BCUT2D eigenvalue weighted by atomic mass is 16.4. The molecule has 112 valence electrons. The molecule has 0 saturated heterocycles. The quantitative estimate of drug-likeness (QED) is 0.482. The van der Waals surface area contributed by atoms with E-state index in [1.165, 1.54) is 44.9 Å². The maximum absolute atomic E-state index is 11.6. The lowest BCUT2D eigenvalue weighted by molar-refractivity contribution is -0.306. The van der Waals surface area contributed by atoms with Crippen molar-refractivity contribution in [1.29, 1.82) is 0 Å². The van der Waals surface area contributed by atoms with Gasteiger partial charge in [0.05, 0.1) is 0 Å². The summed E-state index contributed by atoms with van der Waals surface area (Å²) in [6.45, 7) is 3.89. The van der Waals surface area contributed by atoms with Crippen LogP contribution < -0.4 is 5.11 Å². The lowest BCUT2D eigenvalue weighted by Gasteiger charge is -2.10. The molecule has 0 aromatic heterocycles. The zero-order chi connectivity index (χ0) is 14.5. The summed E-state index contributed by atoms with van der Waals surface area (Å²) in [5.41, 5.74) is 0. The monoisotopic (exact) mass is 269 g/mol. The van der Waals surface area contributed by atoms with E-state index < -0.39 is 5.97 Å². The Labute approximate surface area is 117 Å². The minimum atomic E-state index is -1.13. The largest absolute Gasteiger partial charge is 0.550 e. The van der Waals surface area contributed by atoms with Gasteiger partial charge in [-0.1, -0.05) is 65.2 Å². The zero-order valence-electron chi connectivity index (χ0n) is 12.6. The van der Waals surface area contributed by atoms with Gasteiger partial charge in [0.25, 0.3) is 0 Å². The molecule has 1 unspecified atom stereocenters. The molecule has 0 radical (unpaired) electrons. The fourth-order valence-corrected chi connectivity index (χ4v) is 2.22. The van der Waals surface area contributed by atoms with Gasteiger partial charge in [0.2, 0.25) is 0 Å². The molecule has 0 rings (SSSR count). The number of unbranched alkanes of at least 4 members (excludes halogenated alkanes) is 8. The van der Waals surface area contributed by atoms with Gasteiger partial charge in [-0.25, -0.2) is 0 Å². The summed E-state index contributed by atoms with van der Waals surface area (Å²) in [4.78, 5) is 22.0. The molecular formula is C16H29O3-. The van der Waals surface area contributed by atoms with E-state index in [1.807, 2.05) is 0 Å². The Balaban J connectivity index is 3.34. The van der Waals surface area contributed by atoms with Gasteiger partial charge in [-0.05, 0) is 12.8 Å². The van der Waals surface area contributed by atoms with Crippen molar-refractivity contribution in [3.05, 3.63) is 0 Å². The topological polar surface area (TPSA) is 57.2 Å². The molecule has 0 N–H and O–H groups in total. The lowest BCUT2D eigenvalue weighted by atomic mass is 9.97. The average Bonchev–Trinajstić information content (AvgIpc) is 2.35. The van der Waals surface area contributed by atoms with Crippen molar-refractivity contribution in [3.8, 4) is 0 Å². The van der Waals surface area contributed by atoms with Crippen LogP contribution in [0.25, 0.3) is 0 Å². The number of hydrogen-bond donors (Lipinski definition) is 0. The number of Topliss-reactive ketones (excluding diaryl/α,β-unsaturated/α-hetero) is 1. The molecule has 0 heterocycles. The van der Waals surface area contributed by atoms with E-state index in [0.717, 1.165) is 12.8 Å². The molecule has 0 aliphatic heterocycles. The predicted molar refractivity (Wildman–Crippen MR) is 75.6 cm³/mol. The normalized spacial score (nSPS) is 12.3. The third-order valence-electron chi connectivity index (χ3n) is 3.55. The molecule has 0 aromatic carbocycles. The Kier molecular flexibility index (Phi) is 11.6. The Bertz CT molecular complexity index is 248. The Hall–Kier alpha value is -0.860. The summed E-state index contributed by atoms with van der Waals surface area (Å²) in [7, 11) is 0. The van der Waals surface area contributed by atoms with E-state index in [2.05, 4.69) is 6.92 Å². The first-order valence-corrected chi connectivity index (χ1v) is 7.80. The summed E-state index contributed by atoms with van der Waals surface area (Å²) < 4.78 is 0. The molecular weight excluding hydrogens is 240 g/mol. The fourth-order valence-electron chi connectivity index (χ4n) is 2.22. The highest BCUT2D eigenvalue weighted by Gasteiger charge is 2.12. The van der Waals surface area contributed by atoms with Crippen LogP contribution in [-0.2, 0) is 9.59 Å². The van der Waals surface area contributed by atoms with Crippen molar-refractivity contribution in [2.75, 3.05) is 0 Å². The minimum Gasteiger partial charge on any atom is -0.550 e. The van der Waals surface area contributed by atoms with Crippen molar-refractivity contribution >= 4 is 11.8 Å². The highest BCUT2D eigenvalue weighted by Crippen LogP contribution is 2.13. The number of ketones is 1. The van der Waals surface area contributed by atoms with E-state index >= 15 is 0 Å². The molecule has 19 heavy (non-hydrogen) atoms. The summed E-state index contributed by atoms with van der Waals surface area (Å²) in [5.74, 6) is -1.46. The first kappa shape index (κ1) is 18.1. The molecule has 0 bridgehead atoms. The fraction of sp³-hybridized carbons (Fsp3) is 0.875. The summed E-state index contributed by atoms with van der Waals surface area (Å²) >= 11 is 0.